The average Bonchev–Trinajstić information content (AvgIpc) is 2.62. The van der Waals surface area contributed by atoms with Gasteiger partial charge in [-0.25, -0.2) is 15.0 Å². The van der Waals surface area contributed by atoms with Crippen LogP contribution in [0.15, 0.2) is 16.9 Å². The molecule has 0 atom stereocenters. The molecule has 2 aromatic rings. The first kappa shape index (κ1) is 9.35. The molecule has 0 saturated carbocycles. The Labute approximate surface area is 87.2 Å². The third-order valence-corrected chi connectivity index (χ3v) is 3.13. The zero-order valence-electron chi connectivity index (χ0n) is 6.88. The number of carbonyl (C=O) groups is 1. The number of carboxylic acids is 1. The van der Waals surface area contributed by atoms with Crippen LogP contribution in [-0.2, 0) is 4.79 Å². The zero-order valence-corrected chi connectivity index (χ0v) is 8.51. The van der Waals surface area contributed by atoms with Gasteiger partial charge in [-0.3, -0.25) is 4.79 Å². The van der Waals surface area contributed by atoms with Crippen molar-refractivity contribution in [2.45, 2.75) is 5.03 Å². The monoisotopic (exact) mass is 227 g/mol. The van der Waals surface area contributed by atoms with E-state index in [-0.39, 0.29) is 5.75 Å². The van der Waals surface area contributed by atoms with Gasteiger partial charge in [0.15, 0.2) is 0 Å². The summed E-state index contributed by atoms with van der Waals surface area (Å²) in [6, 6.07) is 0. The third-order valence-electron chi connectivity index (χ3n) is 1.43. The maximum atomic E-state index is 10.4. The van der Waals surface area contributed by atoms with E-state index in [1.165, 1.54) is 17.7 Å². The fourth-order valence-corrected chi connectivity index (χ4v) is 2.27. The number of fused-ring (bicyclic) bond motifs is 1. The van der Waals surface area contributed by atoms with E-state index < -0.39 is 5.97 Å². The molecule has 2 rings (SSSR count). The highest BCUT2D eigenvalue weighted by Crippen LogP contribution is 2.24. The molecule has 5 nitrogen and oxygen atoms in total. The van der Waals surface area contributed by atoms with E-state index in [2.05, 4.69) is 15.0 Å². The summed E-state index contributed by atoms with van der Waals surface area (Å²) in [5.41, 5.74) is 2.35. The van der Waals surface area contributed by atoms with Gasteiger partial charge in [0.2, 0.25) is 0 Å². The standard InChI is InChI=1S/C7H5N3O2S2/c11-4(12)1-13-6-5-7(9-2-8-6)14-3-10-5/h2-3H,1H2,(H,11,12). The topological polar surface area (TPSA) is 76.0 Å². The fourth-order valence-electron chi connectivity index (χ4n) is 0.909. The van der Waals surface area contributed by atoms with Crippen LogP contribution in [0.1, 0.15) is 0 Å². The molecule has 0 aliphatic carbocycles. The van der Waals surface area contributed by atoms with Crippen molar-refractivity contribution in [3.05, 3.63) is 11.8 Å². The second kappa shape index (κ2) is 3.89. The molecule has 0 aromatic carbocycles. The number of aromatic nitrogens is 3. The highest BCUT2D eigenvalue weighted by molar-refractivity contribution is 8.00. The summed E-state index contributed by atoms with van der Waals surface area (Å²) in [7, 11) is 0. The van der Waals surface area contributed by atoms with Gasteiger partial charge in [0, 0.05) is 0 Å². The van der Waals surface area contributed by atoms with Crippen molar-refractivity contribution in [1.82, 2.24) is 15.0 Å². The molecular formula is C7H5N3O2S2. The van der Waals surface area contributed by atoms with Crippen molar-refractivity contribution in [3.8, 4) is 0 Å². The van der Waals surface area contributed by atoms with Gasteiger partial charge in [0.25, 0.3) is 0 Å². The summed E-state index contributed by atoms with van der Waals surface area (Å²) in [5.74, 6) is -0.874. The Morgan fingerprint density at radius 2 is 2.36 bits per heavy atom. The predicted octanol–water partition coefficient (Wildman–Crippen LogP) is 1.26. The molecule has 14 heavy (non-hydrogen) atoms. The smallest absolute Gasteiger partial charge is 0.313 e. The van der Waals surface area contributed by atoms with Crippen LogP contribution in [0, 0.1) is 0 Å². The molecule has 1 N–H and O–H groups in total. The average molecular weight is 227 g/mol. The van der Waals surface area contributed by atoms with Crippen LogP contribution in [0.4, 0.5) is 0 Å². The lowest BCUT2D eigenvalue weighted by atomic mass is 10.6. The molecule has 0 bridgehead atoms. The Morgan fingerprint density at radius 1 is 1.50 bits per heavy atom. The second-order valence-corrected chi connectivity index (χ2v) is 4.16. The van der Waals surface area contributed by atoms with Gasteiger partial charge in [-0.1, -0.05) is 11.8 Å². The summed E-state index contributed by atoms with van der Waals surface area (Å²) >= 11 is 2.57. The molecule has 0 unspecified atom stereocenters. The Kier molecular flexibility index (Phi) is 2.60. The van der Waals surface area contributed by atoms with Gasteiger partial charge in [-0.2, -0.15) is 0 Å². The van der Waals surface area contributed by atoms with Gasteiger partial charge in [0.05, 0.1) is 11.3 Å². The third kappa shape index (κ3) is 1.83. The maximum Gasteiger partial charge on any atom is 0.313 e. The molecular weight excluding hydrogens is 222 g/mol. The predicted molar refractivity (Wildman–Crippen MR) is 53.6 cm³/mol. The minimum Gasteiger partial charge on any atom is -0.481 e. The van der Waals surface area contributed by atoms with E-state index in [0.717, 1.165) is 16.6 Å². The van der Waals surface area contributed by atoms with Gasteiger partial charge in [0.1, 0.15) is 21.7 Å². The number of aliphatic carboxylic acids is 1. The Hall–Kier alpha value is -1.21. The first-order chi connectivity index (χ1) is 6.77. The lowest BCUT2D eigenvalue weighted by Gasteiger charge is -1.96. The van der Waals surface area contributed by atoms with Crippen LogP contribution in [-0.4, -0.2) is 31.8 Å². The minimum atomic E-state index is -0.864. The molecule has 0 aliphatic rings. The van der Waals surface area contributed by atoms with Gasteiger partial charge >= 0.3 is 5.97 Å². The number of hydrogen-bond acceptors (Lipinski definition) is 6. The Bertz CT molecular complexity index is 471. The van der Waals surface area contributed by atoms with Crippen LogP contribution in [0.2, 0.25) is 0 Å². The van der Waals surface area contributed by atoms with Crippen LogP contribution in [0.25, 0.3) is 10.3 Å². The lowest BCUT2D eigenvalue weighted by Crippen LogP contribution is -1.98. The first-order valence-electron chi connectivity index (χ1n) is 3.66. The van der Waals surface area contributed by atoms with Crippen LogP contribution < -0.4 is 0 Å². The molecule has 2 heterocycles. The summed E-state index contributed by atoms with van der Waals surface area (Å²) in [6.07, 6.45) is 1.42. The minimum absolute atomic E-state index is 0.0103. The Balaban J connectivity index is 2.32. The summed E-state index contributed by atoms with van der Waals surface area (Å²) < 4.78 is 0. The quantitative estimate of drug-likeness (QED) is 0.628. The largest absolute Gasteiger partial charge is 0.481 e. The van der Waals surface area contributed by atoms with E-state index in [1.807, 2.05) is 0 Å². The number of nitrogens with zero attached hydrogens (tertiary/aromatic N) is 3. The van der Waals surface area contributed by atoms with Crippen molar-refractivity contribution in [1.29, 1.82) is 0 Å². The summed E-state index contributed by atoms with van der Waals surface area (Å²) in [6.45, 7) is 0. The van der Waals surface area contributed by atoms with E-state index in [0.29, 0.717) is 10.5 Å². The molecule has 2 aromatic heterocycles. The van der Waals surface area contributed by atoms with E-state index in [1.54, 1.807) is 5.51 Å². The van der Waals surface area contributed by atoms with Crippen LogP contribution >= 0.6 is 23.1 Å². The molecule has 72 valence electrons. The highest BCUT2D eigenvalue weighted by Gasteiger charge is 2.08. The molecule has 0 radical (unpaired) electrons. The van der Waals surface area contributed by atoms with Crippen LogP contribution in [0.3, 0.4) is 0 Å². The Morgan fingerprint density at radius 3 is 3.14 bits per heavy atom. The highest BCUT2D eigenvalue weighted by atomic mass is 32.2. The lowest BCUT2D eigenvalue weighted by molar-refractivity contribution is -0.133. The van der Waals surface area contributed by atoms with Gasteiger partial charge < -0.3 is 5.11 Å². The first-order valence-corrected chi connectivity index (χ1v) is 5.52. The van der Waals surface area contributed by atoms with Crippen molar-refractivity contribution < 1.29 is 9.90 Å². The molecule has 7 heteroatoms. The molecule has 0 aliphatic heterocycles. The van der Waals surface area contributed by atoms with Crippen molar-refractivity contribution in [2.75, 3.05) is 5.75 Å². The van der Waals surface area contributed by atoms with Crippen LogP contribution in [0.5, 0.6) is 0 Å². The molecule has 0 spiro atoms. The SMILES string of the molecule is O=C(O)CSc1ncnc2scnc12. The zero-order chi connectivity index (χ0) is 9.97. The molecule has 0 saturated heterocycles. The summed E-state index contributed by atoms with van der Waals surface area (Å²) in [4.78, 5) is 23.2. The number of thioether (sulfide) groups is 1. The van der Waals surface area contributed by atoms with Gasteiger partial charge in [-0.15, -0.1) is 11.3 Å². The molecule has 0 amide bonds. The number of carboxylic acid groups (broad SMARTS) is 1. The second-order valence-electron chi connectivity index (χ2n) is 2.37. The summed E-state index contributed by atoms with van der Waals surface area (Å²) in [5, 5.41) is 9.14. The van der Waals surface area contributed by atoms with Crippen molar-refractivity contribution >= 4 is 39.4 Å². The fraction of sp³-hybridized carbons (Fsp3) is 0.143. The van der Waals surface area contributed by atoms with E-state index in [4.69, 9.17) is 5.11 Å². The van der Waals surface area contributed by atoms with Crippen molar-refractivity contribution in [2.24, 2.45) is 0 Å². The number of thiazole rings is 1. The van der Waals surface area contributed by atoms with Gasteiger partial charge in [-0.05, 0) is 0 Å². The normalized spacial score (nSPS) is 10.6. The number of hydrogen-bond donors (Lipinski definition) is 1. The maximum absolute atomic E-state index is 10.4. The van der Waals surface area contributed by atoms with E-state index >= 15 is 0 Å². The van der Waals surface area contributed by atoms with E-state index in [9.17, 15) is 4.79 Å². The molecule has 0 fully saturated rings. The van der Waals surface area contributed by atoms with Crippen molar-refractivity contribution in [3.63, 3.8) is 0 Å². The number of rotatable bonds is 3.